The fourth-order valence-electron chi connectivity index (χ4n) is 9.14. The predicted molar refractivity (Wildman–Crippen MR) is 187 cm³/mol. The second kappa shape index (κ2) is 15.3. The first-order chi connectivity index (χ1) is 24.9. The zero-order chi connectivity index (χ0) is 37.2. The molecule has 2 aliphatic heterocycles. The highest BCUT2D eigenvalue weighted by Gasteiger charge is 2.64. The maximum absolute atomic E-state index is 14.0. The Bertz CT molecular complexity index is 1660. The van der Waals surface area contributed by atoms with E-state index < -0.39 is 53.9 Å². The van der Waals surface area contributed by atoms with Crippen LogP contribution >= 0.6 is 0 Å². The molecular weight excluding hydrogens is 674 g/mol. The number of likely N-dealkylation sites (tertiary alicyclic amines) is 1. The lowest BCUT2D eigenvalue weighted by Crippen LogP contribution is -2.57. The van der Waals surface area contributed by atoms with Gasteiger partial charge in [-0.3, -0.25) is 24.2 Å². The minimum Gasteiger partial charge on any atom is -0.493 e. The number of hydrogen-bond acceptors (Lipinski definition) is 9. The number of ether oxygens (including phenoxy) is 3. The lowest BCUT2D eigenvalue weighted by atomic mass is 9.49. The second-order valence-corrected chi connectivity index (χ2v) is 14.5. The Morgan fingerprint density at radius 3 is 2.71 bits per heavy atom. The Morgan fingerprint density at radius 2 is 1.98 bits per heavy atom. The third kappa shape index (κ3) is 7.19. The van der Waals surface area contributed by atoms with Crippen molar-refractivity contribution in [2.75, 3.05) is 33.3 Å². The zero-order valence-electron chi connectivity index (χ0n) is 29.7. The third-order valence-corrected chi connectivity index (χ3v) is 11.4. The highest BCUT2D eigenvalue weighted by Crippen LogP contribution is 2.66. The molecule has 16 heteroatoms. The summed E-state index contributed by atoms with van der Waals surface area (Å²) in [5, 5.41) is 17.7. The van der Waals surface area contributed by atoms with Gasteiger partial charge < -0.3 is 51.6 Å². The van der Waals surface area contributed by atoms with E-state index in [1.807, 2.05) is 12.1 Å². The maximum atomic E-state index is 14.0. The van der Waals surface area contributed by atoms with Crippen molar-refractivity contribution < 1.29 is 43.3 Å². The Morgan fingerprint density at radius 1 is 1.17 bits per heavy atom. The fourth-order valence-corrected chi connectivity index (χ4v) is 9.14. The van der Waals surface area contributed by atoms with E-state index in [1.54, 1.807) is 7.11 Å². The number of guanidine groups is 1. The lowest BCUT2D eigenvalue weighted by molar-refractivity contribution is -0.144. The van der Waals surface area contributed by atoms with Crippen LogP contribution in [0.15, 0.2) is 29.0 Å². The molecule has 1 saturated carbocycles. The van der Waals surface area contributed by atoms with Crippen molar-refractivity contribution in [3.63, 3.8) is 0 Å². The van der Waals surface area contributed by atoms with Crippen LogP contribution in [0.5, 0.6) is 11.5 Å². The molecule has 0 radical (unpaired) electrons. The smallest absolute Gasteiger partial charge is 0.415 e. The molecule has 0 aromatic heterocycles. The largest absolute Gasteiger partial charge is 0.493 e. The molecule has 7 atom stereocenters. The quantitative estimate of drug-likeness (QED) is 0.0956. The average molecular weight is 724 g/mol. The summed E-state index contributed by atoms with van der Waals surface area (Å²) in [5.74, 6) is -0.656. The van der Waals surface area contributed by atoms with Gasteiger partial charge in [0.25, 0.3) is 0 Å². The predicted octanol–water partition coefficient (Wildman–Crippen LogP) is 1.05. The minimum absolute atomic E-state index is 0.0810. The number of piperidine rings is 1. The van der Waals surface area contributed by atoms with Crippen molar-refractivity contribution in [1.82, 2.24) is 20.9 Å². The molecule has 5 aliphatic rings. The number of carbonyl (C=O) groups is 5. The summed E-state index contributed by atoms with van der Waals surface area (Å²) in [6.45, 7) is 1.20. The number of carbonyl (C=O) groups excluding carboxylic acids is 4. The van der Waals surface area contributed by atoms with Crippen LogP contribution in [0.3, 0.4) is 0 Å². The highest BCUT2D eigenvalue weighted by atomic mass is 16.6. The van der Waals surface area contributed by atoms with E-state index >= 15 is 0 Å². The SMILES string of the molecule is COc1ccc2c3c1O[C@H]1C(OC(=O)N4CCC(C(=O)O)C[C@H]4CNC(=O)[C@H](CCCN=C(N)N)NC(=O)CNC(C)=O)=CC[C@H]4[C@H](CCC[C@]314)C2. The van der Waals surface area contributed by atoms with Crippen molar-refractivity contribution >= 4 is 35.7 Å². The number of aliphatic imine (C=N–C) groups is 1. The monoisotopic (exact) mass is 723 g/mol. The van der Waals surface area contributed by atoms with Crippen molar-refractivity contribution in [2.45, 2.75) is 88.3 Å². The van der Waals surface area contributed by atoms with Gasteiger partial charge in [-0.2, -0.15) is 0 Å². The van der Waals surface area contributed by atoms with Crippen LogP contribution < -0.4 is 36.9 Å². The molecule has 2 bridgehead atoms. The molecule has 8 N–H and O–H groups in total. The molecule has 2 heterocycles. The van der Waals surface area contributed by atoms with Gasteiger partial charge in [-0.25, -0.2) is 4.79 Å². The summed E-state index contributed by atoms with van der Waals surface area (Å²) < 4.78 is 18.6. The molecular formula is C36H49N7O9. The Balaban J connectivity index is 1.17. The van der Waals surface area contributed by atoms with Crippen LogP contribution in [-0.4, -0.2) is 97.2 Å². The van der Waals surface area contributed by atoms with Crippen molar-refractivity contribution in [1.29, 1.82) is 0 Å². The van der Waals surface area contributed by atoms with Gasteiger partial charge in [-0.1, -0.05) is 12.5 Å². The third-order valence-electron chi connectivity index (χ3n) is 11.4. The number of nitrogens with zero attached hydrogens (tertiary/aromatic N) is 2. The maximum Gasteiger partial charge on any atom is 0.415 e. The zero-order valence-corrected chi connectivity index (χ0v) is 29.7. The van der Waals surface area contributed by atoms with Gasteiger partial charge in [0.1, 0.15) is 11.8 Å². The van der Waals surface area contributed by atoms with E-state index in [4.69, 9.17) is 25.7 Å². The van der Waals surface area contributed by atoms with Gasteiger partial charge in [0, 0.05) is 37.5 Å². The highest BCUT2D eigenvalue weighted by molar-refractivity contribution is 5.90. The summed E-state index contributed by atoms with van der Waals surface area (Å²) in [5.41, 5.74) is 12.9. The molecule has 2 fully saturated rings. The normalized spacial score (nSPS) is 27.1. The van der Waals surface area contributed by atoms with E-state index in [9.17, 15) is 29.1 Å². The minimum atomic E-state index is -1.01. The molecule has 1 aromatic carbocycles. The fraction of sp³-hybridized carbons (Fsp3) is 0.611. The van der Waals surface area contributed by atoms with Crippen LogP contribution in [0.2, 0.25) is 0 Å². The number of carboxylic acid groups (broad SMARTS) is 1. The standard InChI is InChI=1S/C36H49N7O9/c1-19(44)40-18-28(45)42-25(6-4-13-39-34(37)38)32(46)41-17-23-16-22(33(47)48)11-14-43(23)35(49)51-27-10-8-24-20-5-3-12-36(24)29-21(15-20)7-9-26(50-2)30(29)52-31(27)36/h7,9-10,20,22-25,31H,3-6,8,11-18H2,1-2H3,(H,40,44)(H,41,46)(H,42,45)(H,47,48)(H4,37,38,39)/t20-,22?,23+,24+,25+,31+,36+/m1/s1. The number of aliphatic carboxylic acids is 1. The summed E-state index contributed by atoms with van der Waals surface area (Å²) in [6, 6.07) is 2.37. The van der Waals surface area contributed by atoms with Gasteiger partial charge in [-0.05, 0) is 80.9 Å². The van der Waals surface area contributed by atoms with E-state index in [0.29, 0.717) is 29.8 Å². The number of nitrogens with one attached hydrogen (secondary N) is 3. The van der Waals surface area contributed by atoms with Gasteiger partial charge in [0.2, 0.25) is 17.7 Å². The second-order valence-electron chi connectivity index (χ2n) is 14.5. The van der Waals surface area contributed by atoms with Crippen LogP contribution in [0.4, 0.5) is 4.79 Å². The number of hydrogen-bond donors (Lipinski definition) is 6. The molecule has 1 aromatic rings. The molecule has 3 aliphatic carbocycles. The van der Waals surface area contributed by atoms with Gasteiger partial charge in [0.15, 0.2) is 23.6 Å². The molecule has 52 heavy (non-hydrogen) atoms. The first kappa shape index (κ1) is 36.8. The van der Waals surface area contributed by atoms with E-state index in [-0.39, 0.29) is 56.8 Å². The van der Waals surface area contributed by atoms with Gasteiger partial charge >= 0.3 is 12.1 Å². The molecule has 16 nitrogen and oxygen atoms in total. The summed E-state index contributed by atoms with van der Waals surface area (Å²) in [7, 11) is 1.62. The van der Waals surface area contributed by atoms with E-state index in [2.05, 4.69) is 27.0 Å². The summed E-state index contributed by atoms with van der Waals surface area (Å²) >= 11 is 0. The lowest BCUT2D eigenvalue weighted by Gasteiger charge is -2.53. The number of amides is 4. The van der Waals surface area contributed by atoms with Crippen molar-refractivity contribution in [3.05, 3.63) is 35.1 Å². The van der Waals surface area contributed by atoms with Crippen LogP contribution in [0.1, 0.15) is 69.4 Å². The van der Waals surface area contributed by atoms with Crippen LogP contribution in [-0.2, 0) is 35.8 Å². The topological polar surface area (TPSA) is 237 Å². The molecule has 6 rings (SSSR count). The number of benzene rings is 1. The number of rotatable bonds is 13. The molecule has 4 amide bonds. The van der Waals surface area contributed by atoms with Crippen LogP contribution in [0.25, 0.3) is 0 Å². The number of methoxy groups -OCH3 is 1. The number of allylic oxidation sites excluding steroid dienone is 1. The first-order valence-corrected chi connectivity index (χ1v) is 18.1. The Labute approximate surface area is 302 Å². The molecule has 282 valence electrons. The number of carboxylic acids is 1. The molecule has 1 unspecified atom stereocenters. The van der Waals surface area contributed by atoms with E-state index in [0.717, 1.165) is 37.9 Å². The Kier molecular flexibility index (Phi) is 10.8. The average Bonchev–Trinajstić information content (AvgIpc) is 3.46. The van der Waals surface area contributed by atoms with E-state index in [1.165, 1.54) is 23.0 Å². The summed E-state index contributed by atoms with van der Waals surface area (Å²) in [6.07, 6.45) is 6.52. The van der Waals surface area contributed by atoms with Gasteiger partial charge in [-0.15, -0.1) is 0 Å². The molecule has 1 spiro atoms. The number of nitrogens with two attached hydrogens (primary N) is 2. The van der Waals surface area contributed by atoms with Crippen LogP contribution in [0, 0.1) is 17.8 Å². The molecule has 1 saturated heterocycles. The van der Waals surface area contributed by atoms with Crippen molar-refractivity contribution in [2.24, 2.45) is 34.2 Å². The Hall–Kier alpha value is -5.02. The first-order valence-electron chi connectivity index (χ1n) is 18.1. The van der Waals surface area contributed by atoms with Gasteiger partial charge in [0.05, 0.1) is 25.6 Å². The van der Waals surface area contributed by atoms with Crippen molar-refractivity contribution in [3.8, 4) is 11.5 Å². The summed E-state index contributed by atoms with van der Waals surface area (Å²) in [4.78, 5) is 68.8.